The van der Waals surface area contributed by atoms with Gasteiger partial charge in [-0.25, -0.2) is 4.79 Å². The van der Waals surface area contributed by atoms with E-state index < -0.39 is 6.04 Å². The van der Waals surface area contributed by atoms with Gasteiger partial charge in [0.1, 0.15) is 0 Å². The Hall–Kier alpha value is -2.05. The van der Waals surface area contributed by atoms with Crippen LogP contribution in [0.5, 0.6) is 0 Å². The van der Waals surface area contributed by atoms with E-state index in [2.05, 4.69) is 15.7 Å². The molecule has 0 bridgehead atoms. The van der Waals surface area contributed by atoms with Crippen molar-refractivity contribution in [3.8, 4) is 0 Å². The minimum absolute atomic E-state index is 0.193. The van der Waals surface area contributed by atoms with E-state index in [-0.39, 0.29) is 12.6 Å². The molecule has 3 N–H and O–H groups in total. The average Bonchev–Trinajstić information content (AvgIpc) is 2.89. The molecule has 0 saturated carbocycles. The van der Waals surface area contributed by atoms with E-state index in [0.29, 0.717) is 11.6 Å². The van der Waals surface area contributed by atoms with E-state index in [1.807, 2.05) is 13.2 Å². The van der Waals surface area contributed by atoms with Gasteiger partial charge in [-0.1, -0.05) is 23.7 Å². The molecule has 0 aliphatic rings. The second kappa shape index (κ2) is 7.10. The molecule has 0 aliphatic carbocycles. The van der Waals surface area contributed by atoms with E-state index in [0.717, 1.165) is 11.1 Å². The van der Waals surface area contributed by atoms with Crippen LogP contribution in [0.2, 0.25) is 5.02 Å². The fraction of sp³-hybridized carbons (Fsp3) is 0.286. The molecular formula is C14H17ClN4O2. The van der Waals surface area contributed by atoms with Gasteiger partial charge in [0.15, 0.2) is 0 Å². The molecule has 112 valence electrons. The molecule has 1 heterocycles. The average molecular weight is 309 g/mol. The Morgan fingerprint density at radius 3 is 2.71 bits per heavy atom. The molecule has 21 heavy (non-hydrogen) atoms. The van der Waals surface area contributed by atoms with Crippen molar-refractivity contribution in [3.63, 3.8) is 0 Å². The normalized spacial score (nSPS) is 12.0. The molecule has 0 spiro atoms. The summed E-state index contributed by atoms with van der Waals surface area (Å²) in [6, 6.07) is 6.14. The number of rotatable bonds is 5. The third kappa shape index (κ3) is 4.47. The van der Waals surface area contributed by atoms with Crippen molar-refractivity contribution in [3.05, 3.63) is 52.8 Å². The van der Waals surface area contributed by atoms with Crippen LogP contribution >= 0.6 is 11.6 Å². The van der Waals surface area contributed by atoms with Crippen LogP contribution in [0.15, 0.2) is 36.7 Å². The first-order valence-corrected chi connectivity index (χ1v) is 6.84. The first-order valence-electron chi connectivity index (χ1n) is 6.46. The Balaban J connectivity index is 1.89. The van der Waals surface area contributed by atoms with Gasteiger partial charge in [0.25, 0.3) is 0 Å². The molecule has 6 nitrogen and oxygen atoms in total. The molecule has 0 saturated heterocycles. The standard InChI is InChI=1S/C14H17ClN4O2/c1-19-8-10(7-17-19)6-16-14(21)18-13(9-20)11-2-4-12(15)5-3-11/h2-5,7-8,13,20H,6,9H2,1H3,(H2,16,18,21). The lowest BCUT2D eigenvalue weighted by atomic mass is 10.1. The molecule has 1 aromatic heterocycles. The maximum Gasteiger partial charge on any atom is 0.315 e. The first-order chi connectivity index (χ1) is 10.1. The molecular weight excluding hydrogens is 292 g/mol. The number of halogens is 1. The van der Waals surface area contributed by atoms with Crippen molar-refractivity contribution in [2.75, 3.05) is 6.61 Å². The van der Waals surface area contributed by atoms with E-state index in [1.54, 1.807) is 35.1 Å². The van der Waals surface area contributed by atoms with Gasteiger partial charge in [-0.2, -0.15) is 5.10 Å². The predicted octanol–water partition coefficient (Wildman–Crippen LogP) is 1.61. The van der Waals surface area contributed by atoms with Crippen LogP contribution in [0.4, 0.5) is 4.79 Å². The van der Waals surface area contributed by atoms with Crippen LogP contribution in [0.25, 0.3) is 0 Å². The van der Waals surface area contributed by atoms with Crippen LogP contribution in [-0.4, -0.2) is 27.5 Å². The zero-order valence-corrected chi connectivity index (χ0v) is 12.3. The maximum atomic E-state index is 11.8. The maximum absolute atomic E-state index is 11.8. The van der Waals surface area contributed by atoms with Gasteiger partial charge in [0.2, 0.25) is 0 Å². The van der Waals surface area contributed by atoms with Gasteiger partial charge in [-0.3, -0.25) is 4.68 Å². The number of nitrogens with one attached hydrogen (secondary N) is 2. The molecule has 1 unspecified atom stereocenters. The molecule has 2 aromatic rings. The smallest absolute Gasteiger partial charge is 0.315 e. The van der Waals surface area contributed by atoms with Gasteiger partial charge >= 0.3 is 6.03 Å². The van der Waals surface area contributed by atoms with Gasteiger partial charge < -0.3 is 15.7 Å². The Morgan fingerprint density at radius 2 is 2.14 bits per heavy atom. The van der Waals surface area contributed by atoms with Crippen LogP contribution in [-0.2, 0) is 13.6 Å². The largest absolute Gasteiger partial charge is 0.394 e. The summed E-state index contributed by atoms with van der Waals surface area (Å²) in [4.78, 5) is 11.8. The summed E-state index contributed by atoms with van der Waals surface area (Å²) < 4.78 is 1.67. The molecule has 2 rings (SSSR count). The van der Waals surface area contributed by atoms with Crippen LogP contribution in [0, 0.1) is 0 Å². The molecule has 1 atom stereocenters. The Labute approximate surface area is 127 Å². The van der Waals surface area contributed by atoms with E-state index in [9.17, 15) is 9.90 Å². The lowest BCUT2D eigenvalue weighted by Gasteiger charge is -2.17. The summed E-state index contributed by atoms with van der Waals surface area (Å²) in [7, 11) is 1.81. The number of urea groups is 1. The Bertz CT molecular complexity index is 597. The number of carbonyl (C=O) groups excluding carboxylic acids is 1. The van der Waals surface area contributed by atoms with Crippen molar-refractivity contribution in [2.45, 2.75) is 12.6 Å². The van der Waals surface area contributed by atoms with Crippen molar-refractivity contribution in [1.82, 2.24) is 20.4 Å². The fourth-order valence-corrected chi connectivity index (χ4v) is 2.01. The molecule has 2 amide bonds. The first kappa shape index (κ1) is 15.3. The highest BCUT2D eigenvalue weighted by Gasteiger charge is 2.13. The molecule has 0 radical (unpaired) electrons. The molecule has 1 aromatic carbocycles. The number of carbonyl (C=O) groups is 1. The van der Waals surface area contributed by atoms with Crippen LogP contribution in [0.1, 0.15) is 17.2 Å². The van der Waals surface area contributed by atoms with Gasteiger partial charge in [-0.15, -0.1) is 0 Å². The topological polar surface area (TPSA) is 79.2 Å². The van der Waals surface area contributed by atoms with Crippen molar-refractivity contribution in [1.29, 1.82) is 0 Å². The highest BCUT2D eigenvalue weighted by Crippen LogP contribution is 2.16. The summed E-state index contributed by atoms with van der Waals surface area (Å²) in [6.07, 6.45) is 3.51. The number of nitrogens with zero attached hydrogens (tertiary/aromatic N) is 2. The lowest BCUT2D eigenvalue weighted by molar-refractivity contribution is 0.216. The third-order valence-electron chi connectivity index (χ3n) is 2.97. The number of aliphatic hydroxyl groups excluding tert-OH is 1. The number of hydrogen-bond acceptors (Lipinski definition) is 3. The second-order valence-electron chi connectivity index (χ2n) is 4.64. The van der Waals surface area contributed by atoms with E-state index >= 15 is 0 Å². The number of aryl methyl sites for hydroxylation is 1. The van der Waals surface area contributed by atoms with Crippen molar-refractivity contribution >= 4 is 17.6 Å². The molecule has 7 heteroatoms. The summed E-state index contributed by atoms with van der Waals surface area (Å²) in [5.41, 5.74) is 1.69. The number of hydrogen-bond donors (Lipinski definition) is 3. The third-order valence-corrected chi connectivity index (χ3v) is 3.22. The number of benzene rings is 1. The number of aromatic nitrogens is 2. The van der Waals surface area contributed by atoms with E-state index in [1.165, 1.54) is 0 Å². The molecule has 0 fully saturated rings. The lowest BCUT2D eigenvalue weighted by Crippen LogP contribution is -2.38. The van der Waals surface area contributed by atoms with Crippen LogP contribution < -0.4 is 10.6 Å². The summed E-state index contributed by atoms with van der Waals surface area (Å²) in [6.45, 7) is 0.181. The highest BCUT2D eigenvalue weighted by molar-refractivity contribution is 6.30. The van der Waals surface area contributed by atoms with E-state index in [4.69, 9.17) is 11.6 Å². The molecule has 0 aliphatic heterocycles. The van der Waals surface area contributed by atoms with Crippen molar-refractivity contribution < 1.29 is 9.90 Å². The minimum Gasteiger partial charge on any atom is -0.394 e. The Morgan fingerprint density at radius 1 is 1.43 bits per heavy atom. The SMILES string of the molecule is Cn1cc(CNC(=O)NC(CO)c2ccc(Cl)cc2)cn1. The summed E-state index contributed by atoms with van der Waals surface area (Å²) in [5, 5.41) is 19.5. The predicted molar refractivity (Wildman–Crippen MR) is 79.9 cm³/mol. The monoisotopic (exact) mass is 308 g/mol. The second-order valence-corrected chi connectivity index (χ2v) is 5.07. The fourth-order valence-electron chi connectivity index (χ4n) is 1.88. The summed E-state index contributed by atoms with van der Waals surface area (Å²) >= 11 is 5.81. The Kier molecular flexibility index (Phi) is 5.19. The number of amides is 2. The van der Waals surface area contributed by atoms with Crippen molar-refractivity contribution in [2.24, 2.45) is 7.05 Å². The zero-order valence-electron chi connectivity index (χ0n) is 11.6. The zero-order chi connectivity index (χ0) is 15.2. The van der Waals surface area contributed by atoms with Gasteiger partial charge in [0, 0.05) is 30.4 Å². The highest BCUT2D eigenvalue weighted by atomic mass is 35.5. The minimum atomic E-state index is -0.476. The van der Waals surface area contributed by atoms with Crippen LogP contribution in [0.3, 0.4) is 0 Å². The number of aliphatic hydroxyl groups is 1. The quantitative estimate of drug-likeness (QED) is 0.785. The van der Waals surface area contributed by atoms with Gasteiger partial charge in [-0.05, 0) is 17.7 Å². The summed E-state index contributed by atoms with van der Waals surface area (Å²) in [5.74, 6) is 0. The van der Waals surface area contributed by atoms with Gasteiger partial charge in [0.05, 0.1) is 18.8 Å².